The van der Waals surface area contributed by atoms with Crippen LogP contribution in [0.5, 0.6) is 11.5 Å². The summed E-state index contributed by atoms with van der Waals surface area (Å²) in [5, 5.41) is 3.14. The van der Waals surface area contributed by atoms with Crippen LogP contribution < -0.4 is 20.5 Å². The van der Waals surface area contributed by atoms with Gasteiger partial charge in [0, 0.05) is 23.7 Å². The second kappa shape index (κ2) is 10.5. The van der Waals surface area contributed by atoms with Crippen molar-refractivity contribution in [3.8, 4) is 11.5 Å². The standard InChI is InChI=1S/C19H25N3O2S/c1-23-17-9-8-15(14-18(17)24-2)10-11-21-19(20)22-12-13-25-16-6-4-3-5-7-16/h3-9,14H,10-13H2,1-2H3,(H3,20,21,22). The van der Waals surface area contributed by atoms with E-state index < -0.39 is 0 Å². The fourth-order valence-electron chi connectivity index (χ4n) is 2.26. The van der Waals surface area contributed by atoms with Gasteiger partial charge in [-0.1, -0.05) is 24.3 Å². The predicted molar refractivity (Wildman–Crippen MR) is 105 cm³/mol. The Hall–Kier alpha value is -2.34. The summed E-state index contributed by atoms with van der Waals surface area (Å²) in [6, 6.07) is 16.2. The lowest BCUT2D eigenvalue weighted by atomic mass is 10.1. The Kier molecular flexibility index (Phi) is 7.98. The van der Waals surface area contributed by atoms with Gasteiger partial charge in [-0.2, -0.15) is 0 Å². The van der Waals surface area contributed by atoms with Gasteiger partial charge in [0.05, 0.1) is 14.2 Å². The van der Waals surface area contributed by atoms with Crippen LogP contribution in [-0.2, 0) is 6.42 Å². The summed E-state index contributed by atoms with van der Waals surface area (Å²) in [5.74, 6) is 2.88. The van der Waals surface area contributed by atoms with Crippen molar-refractivity contribution in [3.63, 3.8) is 0 Å². The SMILES string of the molecule is COc1ccc(CCN=C(N)NCCSc2ccccc2)cc1OC. The molecule has 6 heteroatoms. The van der Waals surface area contributed by atoms with E-state index in [-0.39, 0.29) is 0 Å². The third-order valence-corrected chi connectivity index (χ3v) is 4.56. The topological polar surface area (TPSA) is 68.9 Å². The van der Waals surface area contributed by atoms with E-state index >= 15 is 0 Å². The van der Waals surface area contributed by atoms with Crippen LogP contribution in [-0.4, -0.2) is 39.0 Å². The Bertz CT molecular complexity index is 678. The van der Waals surface area contributed by atoms with E-state index in [1.807, 2.05) is 36.4 Å². The van der Waals surface area contributed by atoms with Crippen LogP contribution >= 0.6 is 11.8 Å². The molecule has 0 aliphatic heterocycles. The van der Waals surface area contributed by atoms with Crippen LogP contribution in [0.1, 0.15) is 5.56 Å². The molecule has 2 aromatic carbocycles. The molecule has 25 heavy (non-hydrogen) atoms. The lowest BCUT2D eigenvalue weighted by molar-refractivity contribution is 0.354. The Balaban J connectivity index is 1.70. The van der Waals surface area contributed by atoms with E-state index in [0.29, 0.717) is 12.5 Å². The summed E-state index contributed by atoms with van der Waals surface area (Å²) >= 11 is 1.79. The van der Waals surface area contributed by atoms with E-state index in [1.165, 1.54) is 4.90 Å². The van der Waals surface area contributed by atoms with Gasteiger partial charge in [-0.3, -0.25) is 4.99 Å². The molecule has 0 atom stereocenters. The highest BCUT2D eigenvalue weighted by Crippen LogP contribution is 2.27. The summed E-state index contributed by atoms with van der Waals surface area (Å²) in [7, 11) is 3.26. The smallest absolute Gasteiger partial charge is 0.188 e. The molecule has 0 radical (unpaired) electrons. The van der Waals surface area contributed by atoms with E-state index in [9.17, 15) is 0 Å². The number of nitrogens with zero attached hydrogens (tertiary/aromatic N) is 1. The molecular weight excluding hydrogens is 334 g/mol. The van der Waals surface area contributed by atoms with Gasteiger partial charge >= 0.3 is 0 Å². The number of aliphatic imine (C=N–C) groups is 1. The zero-order valence-corrected chi connectivity index (χ0v) is 15.5. The molecule has 134 valence electrons. The van der Waals surface area contributed by atoms with Crippen LogP contribution in [0.3, 0.4) is 0 Å². The van der Waals surface area contributed by atoms with Crippen molar-refractivity contribution in [1.29, 1.82) is 0 Å². The number of nitrogens with two attached hydrogens (primary N) is 1. The van der Waals surface area contributed by atoms with Crippen LogP contribution in [0.25, 0.3) is 0 Å². The number of nitrogens with one attached hydrogen (secondary N) is 1. The van der Waals surface area contributed by atoms with Gasteiger partial charge in [-0.25, -0.2) is 0 Å². The van der Waals surface area contributed by atoms with Crippen LogP contribution in [0.15, 0.2) is 58.4 Å². The van der Waals surface area contributed by atoms with Crippen molar-refractivity contribution in [1.82, 2.24) is 5.32 Å². The number of thioether (sulfide) groups is 1. The average molecular weight is 359 g/mol. The Morgan fingerprint density at radius 2 is 1.84 bits per heavy atom. The Labute approximate surface area is 153 Å². The van der Waals surface area contributed by atoms with Crippen molar-refractivity contribution in [2.75, 3.05) is 33.1 Å². The van der Waals surface area contributed by atoms with E-state index in [0.717, 1.165) is 35.8 Å². The van der Waals surface area contributed by atoms with Gasteiger partial charge in [0.2, 0.25) is 0 Å². The molecule has 5 nitrogen and oxygen atoms in total. The Morgan fingerprint density at radius 3 is 2.56 bits per heavy atom. The van der Waals surface area contributed by atoms with Crippen LogP contribution in [0, 0.1) is 0 Å². The maximum atomic E-state index is 5.90. The highest BCUT2D eigenvalue weighted by atomic mass is 32.2. The minimum atomic E-state index is 0.481. The molecule has 0 spiro atoms. The molecule has 0 saturated heterocycles. The third-order valence-electron chi connectivity index (χ3n) is 3.55. The number of guanidine groups is 1. The number of rotatable bonds is 9. The second-order valence-electron chi connectivity index (χ2n) is 5.29. The molecule has 0 saturated carbocycles. The van der Waals surface area contributed by atoms with E-state index in [2.05, 4.69) is 22.4 Å². The van der Waals surface area contributed by atoms with Gasteiger partial charge in [0.25, 0.3) is 0 Å². The summed E-state index contributed by atoms with van der Waals surface area (Å²) in [4.78, 5) is 5.62. The molecule has 3 N–H and O–H groups in total. The summed E-state index contributed by atoms with van der Waals surface area (Å²) in [6.45, 7) is 1.41. The third kappa shape index (κ3) is 6.58. The fourth-order valence-corrected chi connectivity index (χ4v) is 3.05. The minimum absolute atomic E-state index is 0.481. The van der Waals surface area contributed by atoms with Crippen molar-refractivity contribution >= 4 is 17.7 Å². The van der Waals surface area contributed by atoms with Crippen molar-refractivity contribution in [3.05, 3.63) is 54.1 Å². The van der Waals surface area contributed by atoms with Crippen molar-refractivity contribution < 1.29 is 9.47 Å². The summed E-state index contributed by atoms with van der Waals surface area (Å²) in [5.41, 5.74) is 7.04. The lowest BCUT2D eigenvalue weighted by Crippen LogP contribution is -2.33. The van der Waals surface area contributed by atoms with E-state index in [4.69, 9.17) is 15.2 Å². The largest absolute Gasteiger partial charge is 0.493 e. The normalized spacial score (nSPS) is 11.2. The molecule has 0 aliphatic carbocycles. The molecule has 0 unspecified atom stereocenters. The van der Waals surface area contributed by atoms with Gasteiger partial charge in [-0.05, 0) is 36.2 Å². The maximum Gasteiger partial charge on any atom is 0.188 e. The summed E-state index contributed by atoms with van der Waals surface area (Å²) in [6.07, 6.45) is 0.793. The quantitative estimate of drug-likeness (QED) is 0.312. The first-order chi connectivity index (χ1) is 12.2. The fraction of sp³-hybridized carbons (Fsp3) is 0.316. The van der Waals surface area contributed by atoms with Crippen LogP contribution in [0.2, 0.25) is 0 Å². The molecule has 0 aromatic heterocycles. The molecule has 0 aliphatic rings. The van der Waals surface area contributed by atoms with Gasteiger partial charge in [0.15, 0.2) is 17.5 Å². The molecule has 0 amide bonds. The first-order valence-electron chi connectivity index (χ1n) is 8.15. The van der Waals surface area contributed by atoms with E-state index in [1.54, 1.807) is 26.0 Å². The highest BCUT2D eigenvalue weighted by molar-refractivity contribution is 7.99. The number of hydrogen-bond acceptors (Lipinski definition) is 4. The number of benzene rings is 2. The number of ether oxygens (including phenoxy) is 2. The minimum Gasteiger partial charge on any atom is -0.493 e. The van der Waals surface area contributed by atoms with Gasteiger partial charge in [0.1, 0.15) is 0 Å². The maximum absolute atomic E-state index is 5.90. The molecular formula is C19H25N3O2S. The Morgan fingerprint density at radius 1 is 1.08 bits per heavy atom. The first kappa shape index (κ1) is 19.0. The summed E-state index contributed by atoms with van der Waals surface area (Å²) < 4.78 is 10.5. The molecule has 2 rings (SSSR count). The zero-order chi connectivity index (χ0) is 17.9. The van der Waals surface area contributed by atoms with Crippen LogP contribution in [0.4, 0.5) is 0 Å². The molecule has 0 fully saturated rings. The van der Waals surface area contributed by atoms with Crippen molar-refractivity contribution in [2.24, 2.45) is 10.7 Å². The molecule has 0 bridgehead atoms. The average Bonchev–Trinajstić information content (AvgIpc) is 2.66. The van der Waals surface area contributed by atoms with Crippen molar-refractivity contribution in [2.45, 2.75) is 11.3 Å². The lowest BCUT2D eigenvalue weighted by Gasteiger charge is -2.09. The first-order valence-corrected chi connectivity index (χ1v) is 9.14. The second-order valence-corrected chi connectivity index (χ2v) is 6.46. The number of hydrogen-bond donors (Lipinski definition) is 2. The predicted octanol–water partition coefficient (Wildman–Crippen LogP) is 2.94. The number of methoxy groups -OCH3 is 2. The van der Waals surface area contributed by atoms with Gasteiger partial charge in [-0.15, -0.1) is 11.8 Å². The van der Waals surface area contributed by atoms with Gasteiger partial charge < -0.3 is 20.5 Å². The molecule has 0 heterocycles. The highest BCUT2D eigenvalue weighted by Gasteiger charge is 2.04. The monoisotopic (exact) mass is 359 g/mol. The molecule has 2 aromatic rings. The zero-order valence-electron chi connectivity index (χ0n) is 14.7.